The van der Waals surface area contributed by atoms with Crippen LogP contribution in [0.15, 0.2) is 0 Å². The van der Waals surface area contributed by atoms with E-state index in [1.54, 1.807) is 0 Å². The van der Waals surface area contributed by atoms with E-state index >= 15 is 0 Å². The van der Waals surface area contributed by atoms with Gasteiger partial charge in [-0.1, -0.05) is 0 Å². The quantitative estimate of drug-likeness (QED) is 0.543. The molecule has 8 nitrogen and oxygen atoms in total. The Morgan fingerprint density at radius 3 is 1.71 bits per heavy atom. The molecule has 0 aromatic heterocycles. The number of aliphatic carboxylic acids is 1. The third-order valence-electron chi connectivity index (χ3n) is 1.58. The van der Waals surface area contributed by atoms with E-state index < -0.39 is 42.5 Å². The number of ether oxygens (including phenoxy) is 2. The summed E-state index contributed by atoms with van der Waals surface area (Å²) < 4.78 is 8.77. The van der Waals surface area contributed by atoms with Gasteiger partial charge in [-0.2, -0.15) is 0 Å². The molecule has 0 aromatic carbocycles. The molecule has 17 heavy (non-hydrogen) atoms. The summed E-state index contributed by atoms with van der Waals surface area (Å²) in [4.78, 5) is 43.3. The number of hydrogen-bond donors (Lipinski definition) is 2. The van der Waals surface area contributed by atoms with Gasteiger partial charge in [-0.25, -0.2) is 4.79 Å². The van der Waals surface area contributed by atoms with Crippen molar-refractivity contribution in [3.63, 3.8) is 0 Å². The lowest BCUT2D eigenvalue weighted by Gasteiger charge is -2.21. The van der Waals surface area contributed by atoms with Crippen molar-refractivity contribution < 1.29 is 38.9 Å². The van der Waals surface area contributed by atoms with Crippen LogP contribution in [0.1, 0.15) is 13.8 Å². The molecule has 0 saturated carbocycles. The summed E-state index contributed by atoms with van der Waals surface area (Å²) in [7, 11) is 0. The largest absolute Gasteiger partial charge is 0.478 e. The van der Waals surface area contributed by atoms with Crippen molar-refractivity contribution in [2.24, 2.45) is 0 Å². The molecule has 0 fully saturated rings. The Bertz CT molecular complexity index is 334. The summed E-state index contributed by atoms with van der Waals surface area (Å²) in [6, 6.07) is 0. The molecule has 0 aliphatic carbocycles. The first-order valence-electron chi connectivity index (χ1n) is 4.50. The Morgan fingerprint density at radius 1 is 1.00 bits per heavy atom. The number of aliphatic hydroxyl groups excluding tert-OH is 1. The number of aliphatic hydroxyl groups is 1. The fraction of sp³-hybridized carbons (Fsp3) is 0.556. The van der Waals surface area contributed by atoms with Gasteiger partial charge in [0, 0.05) is 13.8 Å². The first-order chi connectivity index (χ1) is 7.79. The Kier molecular flexibility index (Phi) is 5.83. The van der Waals surface area contributed by atoms with Crippen molar-refractivity contribution in [2.75, 3.05) is 6.61 Å². The first kappa shape index (κ1) is 15.0. The maximum atomic E-state index is 11.2. The molecular formula is C9H12O8. The highest BCUT2D eigenvalue weighted by Crippen LogP contribution is 2.08. The van der Waals surface area contributed by atoms with Gasteiger partial charge in [0.15, 0.2) is 0 Å². The third kappa shape index (κ3) is 5.07. The van der Waals surface area contributed by atoms with E-state index in [1.807, 2.05) is 0 Å². The number of carboxylic acid groups (broad SMARTS) is 1. The van der Waals surface area contributed by atoms with E-state index in [-0.39, 0.29) is 0 Å². The van der Waals surface area contributed by atoms with Gasteiger partial charge in [0.1, 0.15) is 6.61 Å². The number of ketones is 1. The fourth-order valence-electron chi connectivity index (χ4n) is 0.986. The average molecular weight is 248 g/mol. The molecule has 0 spiro atoms. The number of rotatable bonds is 6. The Morgan fingerprint density at radius 2 is 1.41 bits per heavy atom. The van der Waals surface area contributed by atoms with Crippen LogP contribution in [-0.2, 0) is 28.7 Å². The van der Waals surface area contributed by atoms with E-state index in [0.717, 1.165) is 13.8 Å². The average Bonchev–Trinajstić information content (AvgIpc) is 2.21. The summed E-state index contributed by atoms with van der Waals surface area (Å²) in [6.45, 7) is 0.845. The zero-order valence-electron chi connectivity index (χ0n) is 9.21. The molecule has 0 saturated heterocycles. The second-order valence-electron chi connectivity index (χ2n) is 3.02. The Hall–Kier alpha value is -1.96. The van der Waals surface area contributed by atoms with Gasteiger partial charge in [-0.15, -0.1) is 0 Å². The van der Waals surface area contributed by atoms with Crippen molar-refractivity contribution in [3.05, 3.63) is 0 Å². The van der Waals surface area contributed by atoms with Crippen LogP contribution < -0.4 is 0 Å². The number of carbonyl (C=O) groups is 4. The first-order valence-corrected chi connectivity index (χ1v) is 4.50. The van der Waals surface area contributed by atoms with Crippen molar-refractivity contribution in [1.82, 2.24) is 0 Å². The number of carboxylic acids is 1. The maximum Gasteiger partial charge on any atom is 0.349 e. The standard InChI is InChI=1S/C9H12O8/c1-4(11)16-7(6(13)3-10)8(9(14)15)17-5(2)12/h7-8,10H,3H2,1-2H3,(H,14,15)/t7-,8+/m0/s1. The van der Waals surface area contributed by atoms with E-state index in [4.69, 9.17) is 10.2 Å². The lowest BCUT2D eigenvalue weighted by Crippen LogP contribution is -2.46. The molecule has 0 radical (unpaired) electrons. The summed E-state index contributed by atoms with van der Waals surface area (Å²) in [6.07, 6.45) is -3.84. The van der Waals surface area contributed by atoms with Crippen LogP contribution in [0.2, 0.25) is 0 Å². The molecule has 2 N–H and O–H groups in total. The van der Waals surface area contributed by atoms with E-state index in [1.165, 1.54) is 0 Å². The summed E-state index contributed by atoms with van der Waals surface area (Å²) >= 11 is 0. The van der Waals surface area contributed by atoms with Crippen molar-refractivity contribution >= 4 is 23.7 Å². The third-order valence-corrected chi connectivity index (χ3v) is 1.58. The fourth-order valence-corrected chi connectivity index (χ4v) is 0.986. The smallest absolute Gasteiger partial charge is 0.349 e. The Labute approximate surface area is 96.1 Å². The van der Waals surface area contributed by atoms with Crippen molar-refractivity contribution in [1.29, 1.82) is 0 Å². The van der Waals surface area contributed by atoms with Crippen molar-refractivity contribution in [2.45, 2.75) is 26.1 Å². The SMILES string of the molecule is CC(=O)O[C@@H](C(=O)O)[C@@H](OC(C)=O)C(=O)CO. The van der Waals surface area contributed by atoms with Gasteiger partial charge in [0.05, 0.1) is 0 Å². The van der Waals surface area contributed by atoms with Gasteiger partial charge in [-0.3, -0.25) is 14.4 Å². The molecule has 0 aliphatic rings. The molecule has 0 aromatic rings. The van der Waals surface area contributed by atoms with Crippen LogP contribution in [0.5, 0.6) is 0 Å². The summed E-state index contributed by atoms with van der Waals surface area (Å²) in [5, 5.41) is 17.4. The van der Waals surface area contributed by atoms with Crippen LogP contribution in [-0.4, -0.2) is 52.7 Å². The highest BCUT2D eigenvalue weighted by molar-refractivity contribution is 5.92. The van der Waals surface area contributed by atoms with Crippen LogP contribution in [0, 0.1) is 0 Å². The molecule has 8 heteroatoms. The van der Waals surface area contributed by atoms with Crippen LogP contribution in [0.4, 0.5) is 0 Å². The number of carbonyl (C=O) groups excluding carboxylic acids is 3. The molecule has 0 heterocycles. The Balaban J connectivity index is 5.05. The van der Waals surface area contributed by atoms with Gasteiger partial charge in [0.2, 0.25) is 18.0 Å². The van der Waals surface area contributed by atoms with Gasteiger partial charge >= 0.3 is 17.9 Å². The topological polar surface area (TPSA) is 127 Å². The van der Waals surface area contributed by atoms with Crippen molar-refractivity contribution in [3.8, 4) is 0 Å². The molecule has 0 amide bonds. The predicted molar refractivity (Wildman–Crippen MR) is 50.8 cm³/mol. The monoisotopic (exact) mass is 248 g/mol. The molecule has 0 rings (SSSR count). The van der Waals surface area contributed by atoms with Crippen LogP contribution in [0.3, 0.4) is 0 Å². The number of Topliss-reactive ketones (excluding diaryl/α,β-unsaturated/α-hetero) is 1. The van der Waals surface area contributed by atoms with Crippen LogP contribution in [0.25, 0.3) is 0 Å². The zero-order valence-corrected chi connectivity index (χ0v) is 9.21. The second-order valence-corrected chi connectivity index (χ2v) is 3.02. The molecule has 0 bridgehead atoms. The highest BCUT2D eigenvalue weighted by atomic mass is 16.6. The molecule has 0 unspecified atom stereocenters. The number of esters is 2. The van der Waals surface area contributed by atoms with E-state index in [0.29, 0.717) is 0 Å². The normalized spacial score (nSPS) is 13.4. The second kappa shape index (κ2) is 6.59. The zero-order chi connectivity index (χ0) is 13.6. The molecule has 0 aliphatic heterocycles. The highest BCUT2D eigenvalue weighted by Gasteiger charge is 2.38. The van der Waals surface area contributed by atoms with Gasteiger partial charge < -0.3 is 19.7 Å². The molecule has 2 atom stereocenters. The summed E-state index contributed by atoms with van der Waals surface area (Å²) in [5.74, 6) is -4.63. The lowest BCUT2D eigenvalue weighted by atomic mass is 10.1. The summed E-state index contributed by atoms with van der Waals surface area (Å²) in [5.41, 5.74) is 0. The van der Waals surface area contributed by atoms with Gasteiger partial charge in [0.25, 0.3) is 0 Å². The molecule has 96 valence electrons. The predicted octanol–water partition coefficient (Wildman–Crippen LogP) is -1.50. The minimum Gasteiger partial charge on any atom is -0.478 e. The lowest BCUT2D eigenvalue weighted by molar-refractivity contribution is -0.180. The van der Waals surface area contributed by atoms with Crippen LogP contribution >= 0.6 is 0 Å². The number of hydrogen-bond acceptors (Lipinski definition) is 7. The minimum atomic E-state index is -1.98. The maximum absolute atomic E-state index is 11.2. The van der Waals surface area contributed by atoms with Gasteiger partial charge in [-0.05, 0) is 0 Å². The minimum absolute atomic E-state index is 0.935. The molecular weight excluding hydrogens is 236 g/mol. The van der Waals surface area contributed by atoms with E-state index in [2.05, 4.69) is 9.47 Å². The van der Waals surface area contributed by atoms with E-state index in [9.17, 15) is 19.2 Å².